The van der Waals surface area contributed by atoms with Gasteiger partial charge in [0.05, 0.1) is 12.8 Å². The first-order valence-corrected chi connectivity index (χ1v) is 4.33. The van der Waals surface area contributed by atoms with Crippen molar-refractivity contribution >= 4 is 0 Å². The van der Waals surface area contributed by atoms with E-state index < -0.39 is 0 Å². The van der Waals surface area contributed by atoms with Crippen molar-refractivity contribution in [2.45, 2.75) is 33.1 Å². The minimum Gasteiger partial charge on any atom is -0.467 e. The summed E-state index contributed by atoms with van der Waals surface area (Å²) in [5.74, 6) is 0. The number of hydrogen-bond donors (Lipinski definition) is 0. The maximum Gasteiger partial charge on any atom is 0.316 e. The summed E-state index contributed by atoms with van der Waals surface area (Å²) < 4.78 is 5.01. The van der Waals surface area contributed by atoms with Gasteiger partial charge in [-0.2, -0.15) is 4.98 Å². The number of methoxy groups -OCH3 is 1. The van der Waals surface area contributed by atoms with Gasteiger partial charge in [0.2, 0.25) is 0 Å². The van der Waals surface area contributed by atoms with Crippen LogP contribution in [-0.4, -0.2) is 17.1 Å². The van der Waals surface area contributed by atoms with Crippen molar-refractivity contribution in [1.82, 2.24) is 9.97 Å². The minimum atomic E-state index is 0.0426. The fourth-order valence-corrected chi connectivity index (χ4v) is 1.02. The third-order valence-corrected chi connectivity index (χ3v) is 1.78. The first-order valence-electron chi connectivity index (χ1n) is 4.33. The summed E-state index contributed by atoms with van der Waals surface area (Å²) in [6.07, 6.45) is 0. The normalized spacial score (nSPS) is 11.5. The average molecular weight is 180 g/mol. The molecule has 3 heteroatoms. The summed E-state index contributed by atoms with van der Waals surface area (Å²) in [6, 6.07) is 2.44. The highest BCUT2D eigenvalue weighted by atomic mass is 16.5. The van der Waals surface area contributed by atoms with E-state index in [0.717, 1.165) is 11.4 Å². The lowest BCUT2D eigenvalue weighted by molar-refractivity contribution is 0.372. The van der Waals surface area contributed by atoms with Gasteiger partial charge in [0.15, 0.2) is 0 Å². The van der Waals surface area contributed by atoms with Crippen LogP contribution in [0.1, 0.15) is 32.2 Å². The van der Waals surface area contributed by atoms with Crippen LogP contribution in [0.25, 0.3) is 0 Å². The number of aryl methyl sites for hydroxylation is 1. The molecule has 0 aliphatic heterocycles. The maximum atomic E-state index is 5.01. The Hall–Kier alpha value is -1.12. The van der Waals surface area contributed by atoms with Gasteiger partial charge in [0.1, 0.15) is 0 Å². The SMILES string of the molecule is COc1nc(C)cc(C(C)(C)C)n1. The molecule has 0 saturated carbocycles. The van der Waals surface area contributed by atoms with Crippen LogP contribution in [-0.2, 0) is 5.41 Å². The highest BCUT2D eigenvalue weighted by molar-refractivity contribution is 5.18. The third kappa shape index (κ3) is 2.41. The fourth-order valence-electron chi connectivity index (χ4n) is 1.02. The Morgan fingerprint density at radius 3 is 2.31 bits per heavy atom. The first-order chi connectivity index (χ1) is 5.93. The molecule has 3 nitrogen and oxygen atoms in total. The molecule has 1 rings (SSSR count). The number of aromatic nitrogens is 2. The second-order valence-electron chi connectivity index (χ2n) is 4.13. The zero-order valence-electron chi connectivity index (χ0n) is 8.88. The van der Waals surface area contributed by atoms with Crippen LogP contribution in [0, 0.1) is 6.92 Å². The summed E-state index contributed by atoms with van der Waals surface area (Å²) in [5.41, 5.74) is 2.00. The molecule has 0 saturated heterocycles. The van der Waals surface area contributed by atoms with Crippen LogP contribution in [0.4, 0.5) is 0 Å². The van der Waals surface area contributed by atoms with Gasteiger partial charge >= 0.3 is 6.01 Å². The smallest absolute Gasteiger partial charge is 0.316 e. The van der Waals surface area contributed by atoms with Crippen LogP contribution in [0.2, 0.25) is 0 Å². The van der Waals surface area contributed by atoms with Gasteiger partial charge in [0.25, 0.3) is 0 Å². The molecule has 13 heavy (non-hydrogen) atoms. The lowest BCUT2D eigenvalue weighted by atomic mass is 9.92. The highest BCUT2D eigenvalue weighted by Crippen LogP contribution is 2.21. The van der Waals surface area contributed by atoms with Crippen LogP contribution in [0.15, 0.2) is 6.07 Å². The van der Waals surface area contributed by atoms with Gasteiger partial charge in [-0.1, -0.05) is 20.8 Å². The van der Waals surface area contributed by atoms with Crippen molar-refractivity contribution in [2.75, 3.05) is 7.11 Å². The van der Waals surface area contributed by atoms with Crippen LogP contribution in [0.5, 0.6) is 6.01 Å². The van der Waals surface area contributed by atoms with Gasteiger partial charge < -0.3 is 4.74 Å². The van der Waals surface area contributed by atoms with Gasteiger partial charge in [-0.05, 0) is 13.0 Å². The number of ether oxygens (including phenoxy) is 1. The Bertz CT molecular complexity index is 302. The topological polar surface area (TPSA) is 35.0 Å². The molecule has 0 bridgehead atoms. The Kier molecular flexibility index (Phi) is 2.55. The number of rotatable bonds is 1. The predicted octanol–water partition coefficient (Wildman–Crippen LogP) is 2.09. The lowest BCUT2D eigenvalue weighted by Gasteiger charge is -2.18. The quantitative estimate of drug-likeness (QED) is 0.663. The molecule has 1 aromatic heterocycles. The molecule has 0 fully saturated rings. The summed E-state index contributed by atoms with van der Waals surface area (Å²) in [5, 5.41) is 0. The predicted molar refractivity (Wildman–Crippen MR) is 52.0 cm³/mol. The van der Waals surface area contributed by atoms with E-state index in [1.807, 2.05) is 13.0 Å². The van der Waals surface area contributed by atoms with E-state index in [1.54, 1.807) is 7.11 Å². The summed E-state index contributed by atoms with van der Waals surface area (Å²) in [4.78, 5) is 8.42. The maximum absolute atomic E-state index is 5.01. The lowest BCUT2D eigenvalue weighted by Crippen LogP contribution is -2.14. The van der Waals surface area contributed by atoms with Crippen molar-refractivity contribution in [1.29, 1.82) is 0 Å². The molecule has 0 radical (unpaired) electrons. The molecular formula is C10H16N2O. The van der Waals surface area contributed by atoms with E-state index in [-0.39, 0.29) is 5.41 Å². The van der Waals surface area contributed by atoms with Gasteiger partial charge in [-0.3, -0.25) is 0 Å². The van der Waals surface area contributed by atoms with E-state index in [2.05, 4.69) is 30.7 Å². The number of hydrogen-bond acceptors (Lipinski definition) is 3. The van der Waals surface area contributed by atoms with E-state index >= 15 is 0 Å². The molecule has 0 aliphatic carbocycles. The molecule has 0 N–H and O–H groups in total. The molecule has 0 aliphatic rings. The number of nitrogens with zero attached hydrogens (tertiary/aromatic N) is 2. The van der Waals surface area contributed by atoms with E-state index in [4.69, 9.17) is 4.74 Å². The standard InChI is InChI=1S/C10H16N2O/c1-7-6-8(10(2,3)4)12-9(11-7)13-5/h6H,1-5H3. The van der Waals surface area contributed by atoms with E-state index in [0.29, 0.717) is 6.01 Å². The fraction of sp³-hybridized carbons (Fsp3) is 0.600. The van der Waals surface area contributed by atoms with Gasteiger partial charge in [-0.25, -0.2) is 4.98 Å². The average Bonchev–Trinajstić information content (AvgIpc) is 2.01. The minimum absolute atomic E-state index is 0.0426. The molecular weight excluding hydrogens is 164 g/mol. The second-order valence-corrected chi connectivity index (χ2v) is 4.13. The molecule has 0 atom stereocenters. The van der Waals surface area contributed by atoms with E-state index in [9.17, 15) is 0 Å². The highest BCUT2D eigenvalue weighted by Gasteiger charge is 2.17. The molecule has 0 unspecified atom stereocenters. The van der Waals surface area contributed by atoms with Crippen molar-refractivity contribution in [3.8, 4) is 6.01 Å². The Labute approximate surface area is 79.2 Å². The summed E-state index contributed by atoms with van der Waals surface area (Å²) >= 11 is 0. The third-order valence-electron chi connectivity index (χ3n) is 1.78. The van der Waals surface area contributed by atoms with Gasteiger partial charge in [-0.15, -0.1) is 0 Å². The van der Waals surface area contributed by atoms with Crippen molar-refractivity contribution < 1.29 is 4.74 Å². The first kappa shape index (κ1) is 9.96. The Balaban J connectivity index is 3.16. The largest absolute Gasteiger partial charge is 0.467 e. The summed E-state index contributed by atoms with van der Waals surface area (Å²) in [6.45, 7) is 8.30. The van der Waals surface area contributed by atoms with Crippen LogP contribution in [0.3, 0.4) is 0 Å². The van der Waals surface area contributed by atoms with Crippen LogP contribution >= 0.6 is 0 Å². The monoisotopic (exact) mass is 180 g/mol. The van der Waals surface area contributed by atoms with Crippen molar-refractivity contribution in [2.24, 2.45) is 0 Å². The molecule has 1 heterocycles. The Morgan fingerprint density at radius 2 is 1.85 bits per heavy atom. The second kappa shape index (κ2) is 3.32. The molecule has 0 amide bonds. The summed E-state index contributed by atoms with van der Waals surface area (Å²) in [7, 11) is 1.58. The van der Waals surface area contributed by atoms with Crippen molar-refractivity contribution in [3.05, 3.63) is 17.5 Å². The molecule has 1 aromatic rings. The van der Waals surface area contributed by atoms with Crippen LogP contribution < -0.4 is 4.74 Å². The Morgan fingerprint density at radius 1 is 1.23 bits per heavy atom. The van der Waals surface area contributed by atoms with E-state index in [1.165, 1.54) is 0 Å². The molecule has 72 valence electrons. The molecule has 0 spiro atoms. The van der Waals surface area contributed by atoms with Crippen molar-refractivity contribution in [3.63, 3.8) is 0 Å². The zero-order valence-corrected chi connectivity index (χ0v) is 8.88. The molecule has 0 aromatic carbocycles. The van der Waals surface area contributed by atoms with Gasteiger partial charge in [0, 0.05) is 11.1 Å². The zero-order chi connectivity index (χ0) is 10.1.